The Morgan fingerprint density at radius 1 is 1.17 bits per heavy atom. The number of rotatable bonds is 5. The van der Waals surface area contributed by atoms with Gasteiger partial charge in [-0.2, -0.15) is 15.2 Å². The topological polar surface area (TPSA) is 137 Å². The molecule has 1 aliphatic heterocycles. The molecule has 1 aromatic carbocycles. The summed E-state index contributed by atoms with van der Waals surface area (Å²) in [7, 11) is 3.91. The van der Waals surface area contributed by atoms with Crippen LogP contribution in [0, 0.1) is 11.3 Å². The lowest BCUT2D eigenvalue weighted by Crippen LogP contribution is -2.37. The van der Waals surface area contributed by atoms with Crippen molar-refractivity contribution in [2.45, 2.75) is 0 Å². The zero-order valence-electron chi connectivity index (χ0n) is 19.7. The maximum absolute atomic E-state index is 11.6. The molecule has 4 heterocycles. The van der Waals surface area contributed by atoms with Crippen molar-refractivity contribution >= 4 is 44.2 Å². The number of anilines is 1. The average molecular weight is 504 g/mol. The van der Waals surface area contributed by atoms with Crippen molar-refractivity contribution in [3.63, 3.8) is 0 Å². The van der Waals surface area contributed by atoms with Crippen LogP contribution in [0.25, 0.3) is 21.6 Å². The van der Waals surface area contributed by atoms with Crippen molar-refractivity contribution < 1.29 is 14.7 Å². The first-order chi connectivity index (χ1) is 17.4. The molecule has 2 N–H and O–H groups in total. The second-order valence-electron chi connectivity index (χ2n) is 8.62. The van der Waals surface area contributed by atoms with E-state index in [-0.39, 0.29) is 10.0 Å². The highest BCUT2D eigenvalue weighted by molar-refractivity contribution is 7.23. The maximum atomic E-state index is 11.6. The van der Waals surface area contributed by atoms with Crippen LogP contribution in [0.2, 0.25) is 0 Å². The Balaban J connectivity index is 1.60. The van der Waals surface area contributed by atoms with E-state index < -0.39 is 5.91 Å². The summed E-state index contributed by atoms with van der Waals surface area (Å²) in [6.07, 6.45) is 2.76. The monoisotopic (exact) mass is 503 g/mol. The Hall–Kier alpha value is -4.02. The summed E-state index contributed by atoms with van der Waals surface area (Å²) in [5.41, 5.74) is 3.94. The van der Waals surface area contributed by atoms with E-state index in [1.165, 1.54) is 12.4 Å². The lowest BCUT2D eigenvalue weighted by molar-refractivity contribution is 0.0705. The second-order valence-corrected chi connectivity index (χ2v) is 9.66. The van der Waals surface area contributed by atoms with Crippen LogP contribution >= 0.6 is 11.3 Å². The highest BCUT2D eigenvalue weighted by atomic mass is 32.1. The molecule has 3 aromatic heterocycles. The molecule has 0 unspecified atom stereocenters. The molecule has 0 bridgehead atoms. The third-order valence-electron chi connectivity index (χ3n) is 5.98. The number of carbonyl (C=O) groups is 1. The number of fused-ring (bicyclic) bond motifs is 1. The number of ether oxygens (including phenoxy) is 1. The molecule has 1 saturated heterocycles. The van der Waals surface area contributed by atoms with Gasteiger partial charge in [0.15, 0.2) is 16.6 Å². The van der Waals surface area contributed by atoms with Crippen LogP contribution in [-0.4, -0.2) is 71.4 Å². The maximum Gasteiger partial charge on any atom is 0.334 e. The Bertz CT molecular complexity index is 1460. The molecule has 0 saturated carbocycles. The number of hydrogen-bond acceptors (Lipinski definition) is 10. The molecule has 12 heteroatoms. The van der Waals surface area contributed by atoms with Gasteiger partial charge >= 0.3 is 5.95 Å². The van der Waals surface area contributed by atoms with E-state index in [1.54, 1.807) is 28.9 Å². The number of morpholine rings is 1. The van der Waals surface area contributed by atoms with Crippen LogP contribution in [0.3, 0.4) is 0 Å². The first-order valence-corrected chi connectivity index (χ1v) is 12.0. The van der Waals surface area contributed by atoms with Crippen molar-refractivity contribution in [1.82, 2.24) is 29.9 Å². The lowest BCUT2D eigenvalue weighted by Gasteiger charge is -2.28. The van der Waals surface area contributed by atoms with Gasteiger partial charge < -0.3 is 9.64 Å². The molecule has 5 rings (SSSR count). The molecule has 36 heavy (non-hydrogen) atoms. The number of nitriles is 1. The van der Waals surface area contributed by atoms with Gasteiger partial charge in [-0.25, -0.2) is 19.9 Å². The minimum absolute atomic E-state index is 0.158. The van der Waals surface area contributed by atoms with E-state index >= 15 is 0 Å². The highest BCUT2D eigenvalue weighted by Crippen LogP contribution is 2.42. The molecule has 0 radical (unpaired) electrons. The number of benzene rings is 1. The molecule has 1 amide bonds. The number of hydrogen-bond donors (Lipinski definition) is 2. The standard InChI is InChI=1S/C24H22N8O3S/c1-32(2,24-26-13-17(14-27-24)23(33)30-34)19-11-18-20(36-19)22(31-7-9-35-10-8-31)29-21(28-18)16-5-3-15(12-25)4-6-16/h3-6,11,13-14H,7-10H2,1-2H3,(H-,30,33,34)/p+1. The van der Waals surface area contributed by atoms with E-state index in [2.05, 4.69) is 20.9 Å². The van der Waals surface area contributed by atoms with Gasteiger partial charge in [0.2, 0.25) is 0 Å². The SMILES string of the molecule is C[N+](C)(c1ncc(C(=O)NO)cn1)c1cc2nc(-c3ccc(C#N)cc3)nc(N3CCOCC3)c2s1. The van der Waals surface area contributed by atoms with E-state index in [0.717, 1.165) is 39.7 Å². The number of hydroxylamine groups is 1. The Kier molecular flexibility index (Phi) is 6.29. The van der Waals surface area contributed by atoms with Crippen LogP contribution in [0.4, 0.5) is 16.8 Å². The van der Waals surface area contributed by atoms with E-state index in [0.29, 0.717) is 30.5 Å². The van der Waals surface area contributed by atoms with Crippen LogP contribution in [0.1, 0.15) is 15.9 Å². The summed E-state index contributed by atoms with van der Waals surface area (Å²) in [4.78, 5) is 32.4. The van der Waals surface area contributed by atoms with E-state index in [1.807, 2.05) is 32.3 Å². The number of nitrogens with one attached hydrogen (secondary N) is 1. The lowest BCUT2D eigenvalue weighted by atomic mass is 10.1. The number of amides is 1. The summed E-state index contributed by atoms with van der Waals surface area (Å²) in [5, 5.41) is 18.9. The first-order valence-electron chi connectivity index (χ1n) is 11.2. The Morgan fingerprint density at radius 3 is 2.50 bits per heavy atom. The number of thiophene rings is 1. The minimum atomic E-state index is -0.672. The second kappa shape index (κ2) is 9.56. The highest BCUT2D eigenvalue weighted by Gasteiger charge is 2.31. The molecule has 0 atom stereocenters. The molecule has 0 spiro atoms. The van der Waals surface area contributed by atoms with Gasteiger partial charge in [0.25, 0.3) is 5.91 Å². The summed E-state index contributed by atoms with van der Waals surface area (Å²) < 4.78 is 6.72. The smallest absolute Gasteiger partial charge is 0.334 e. The molecule has 182 valence electrons. The van der Waals surface area contributed by atoms with Crippen molar-refractivity contribution in [2.24, 2.45) is 0 Å². The van der Waals surface area contributed by atoms with Crippen molar-refractivity contribution in [2.75, 3.05) is 45.3 Å². The summed E-state index contributed by atoms with van der Waals surface area (Å²) in [6, 6.07) is 11.4. The zero-order chi connectivity index (χ0) is 25.3. The van der Waals surface area contributed by atoms with Gasteiger partial charge in [0.1, 0.15) is 4.70 Å². The molecule has 1 fully saturated rings. The molecule has 0 aliphatic carbocycles. The average Bonchev–Trinajstić information content (AvgIpc) is 3.38. The summed E-state index contributed by atoms with van der Waals surface area (Å²) >= 11 is 1.57. The fraction of sp³-hybridized carbons (Fsp3) is 0.250. The quantitative estimate of drug-likeness (QED) is 0.239. The van der Waals surface area contributed by atoms with Crippen molar-refractivity contribution in [3.8, 4) is 17.5 Å². The largest absolute Gasteiger partial charge is 0.378 e. The van der Waals surface area contributed by atoms with Gasteiger partial charge in [-0.05, 0) is 24.3 Å². The molecule has 4 aromatic rings. The Morgan fingerprint density at radius 2 is 1.86 bits per heavy atom. The van der Waals surface area contributed by atoms with Gasteiger partial charge in [0, 0.05) is 37.1 Å². The molecular formula is C24H23N8O3S+. The van der Waals surface area contributed by atoms with Crippen LogP contribution in [0.15, 0.2) is 42.7 Å². The number of quaternary nitrogens is 1. The van der Waals surface area contributed by atoms with Crippen molar-refractivity contribution in [3.05, 3.63) is 53.9 Å². The van der Waals surface area contributed by atoms with Gasteiger partial charge in [0.05, 0.1) is 50.0 Å². The predicted octanol–water partition coefficient (Wildman–Crippen LogP) is 2.87. The number of aromatic nitrogens is 4. The molecule has 1 aliphatic rings. The minimum Gasteiger partial charge on any atom is -0.378 e. The summed E-state index contributed by atoms with van der Waals surface area (Å²) in [6.45, 7) is 2.70. The molecular weight excluding hydrogens is 480 g/mol. The molecule has 11 nitrogen and oxygen atoms in total. The number of nitrogens with zero attached hydrogens (tertiary/aromatic N) is 7. The van der Waals surface area contributed by atoms with Crippen LogP contribution < -0.4 is 14.9 Å². The van der Waals surface area contributed by atoms with E-state index in [4.69, 9.17) is 25.2 Å². The third-order valence-corrected chi connectivity index (χ3v) is 7.36. The zero-order valence-corrected chi connectivity index (χ0v) is 20.5. The third kappa shape index (κ3) is 4.36. The van der Waals surface area contributed by atoms with Gasteiger partial charge in [-0.3, -0.25) is 10.0 Å². The Labute approximate surface area is 210 Å². The normalized spacial score (nSPS) is 14.0. The first kappa shape index (κ1) is 23.7. The van der Waals surface area contributed by atoms with Crippen molar-refractivity contribution in [1.29, 1.82) is 5.26 Å². The number of carbonyl (C=O) groups excluding carboxylic acids is 1. The predicted molar refractivity (Wildman–Crippen MR) is 135 cm³/mol. The van der Waals surface area contributed by atoms with Gasteiger partial charge in [-0.1, -0.05) is 11.3 Å². The fourth-order valence-corrected chi connectivity index (χ4v) is 5.05. The summed E-state index contributed by atoms with van der Waals surface area (Å²) in [5.74, 6) is 1.23. The van der Waals surface area contributed by atoms with E-state index in [9.17, 15) is 4.79 Å². The fourth-order valence-electron chi connectivity index (χ4n) is 3.88. The van der Waals surface area contributed by atoms with Crippen LogP contribution in [0.5, 0.6) is 0 Å². The van der Waals surface area contributed by atoms with Gasteiger partial charge in [-0.15, -0.1) is 0 Å². The van der Waals surface area contributed by atoms with Crippen LogP contribution in [-0.2, 0) is 4.74 Å².